The highest BCUT2D eigenvalue weighted by Gasteiger charge is 2.09. The number of carbonyl (C=O) groups is 1. The Morgan fingerprint density at radius 2 is 2.07 bits per heavy atom. The van der Waals surface area contributed by atoms with Gasteiger partial charge in [0.2, 0.25) is 0 Å². The lowest BCUT2D eigenvalue weighted by Gasteiger charge is -2.07. The number of allylic oxidation sites excluding steroid dienone is 1. The zero-order chi connectivity index (χ0) is 10.8. The van der Waals surface area contributed by atoms with Crippen LogP contribution < -0.4 is 0 Å². The third-order valence-corrected chi connectivity index (χ3v) is 2.10. The number of esters is 1. The molecule has 2 nitrogen and oxygen atoms in total. The third kappa shape index (κ3) is 6.70. The molecule has 14 heavy (non-hydrogen) atoms. The van der Waals surface area contributed by atoms with E-state index < -0.39 is 0 Å². The van der Waals surface area contributed by atoms with Crippen LogP contribution in [0.25, 0.3) is 0 Å². The molecule has 0 N–H and O–H groups in total. The minimum absolute atomic E-state index is 0.105. The predicted octanol–water partition coefficient (Wildman–Crippen LogP) is 3.32. The lowest BCUT2D eigenvalue weighted by atomic mass is 10.2. The Hall–Kier alpha value is -0.790. The van der Waals surface area contributed by atoms with E-state index in [-0.39, 0.29) is 11.9 Å². The Morgan fingerprint density at radius 3 is 2.64 bits per heavy atom. The smallest absolute Gasteiger partial charge is 0.312 e. The van der Waals surface area contributed by atoms with Gasteiger partial charge in [0.15, 0.2) is 0 Å². The van der Waals surface area contributed by atoms with Gasteiger partial charge in [0.1, 0.15) is 0 Å². The molecule has 82 valence electrons. The van der Waals surface area contributed by atoms with Crippen molar-refractivity contribution in [2.75, 3.05) is 6.61 Å². The van der Waals surface area contributed by atoms with E-state index in [1.807, 2.05) is 26.0 Å². The van der Waals surface area contributed by atoms with Crippen LogP contribution in [0.2, 0.25) is 0 Å². The van der Waals surface area contributed by atoms with E-state index in [2.05, 4.69) is 6.92 Å². The van der Waals surface area contributed by atoms with Gasteiger partial charge in [-0.3, -0.25) is 4.79 Å². The molecule has 0 aliphatic heterocycles. The maximum Gasteiger partial charge on any atom is 0.312 e. The molecule has 0 aliphatic rings. The fourth-order valence-corrected chi connectivity index (χ4v) is 1.20. The summed E-state index contributed by atoms with van der Waals surface area (Å²) in [6.45, 7) is 6.50. The minimum atomic E-state index is -0.111. The predicted molar refractivity (Wildman–Crippen MR) is 59.1 cm³/mol. The van der Waals surface area contributed by atoms with Gasteiger partial charge in [0.05, 0.1) is 12.5 Å². The van der Waals surface area contributed by atoms with Crippen LogP contribution in [0.4, 0.5) is 0 Å². The molecule has 1 atom stereocenters. The molecule has 0 fully saturated rings. The molecule has 0 bridgehead atoms. The van der Waals surface area contributed by atoms with Gasteiger partial charge >= 0.3 is 5.97 Å². The maximum absolute atomic E-state index is 11.3. The molecule has 2 heteroatoms. The highest BCUT2D eigenvalue weighted by Crippen LogP contribution is 2.03. The SMILES string of the molecule is C/C=C/C(C)C(=O)OCCCCCC. The normalized spacial score (nSPS) is 13.1. The molecule has 0 radical (unpaired) electrons. The van der Waals surface area contributed by atoms with Crippen molar-refractivity contribution in [3.8, 4) is 0 Å². The Kier molecular flexibility index (Phi) is 8.30. The Morgan fingerprint density at radius 1 is 1.36 bits per heavy atom. The molecule has 0 spiro atoms. The number of unbranched alkanes of at least 4 members (excludes halogenated alkanes) is 3. The Bertz CT molecular complexity index is 173. The fraction of sp³-hybridized carbons (Fsp3) is 0.750. The molecule has 0 aromatic carbocycles. The van der Waals surface area contributed by atoms with Crippen LogP contribution >= 0.6 is 0 Å². The number of carbonyl (C=O) groups excluding carboxylic acids is 1. The van der Waals surface area contributed by atoms with E-state index in [0.717, 1.165) is 12.8 Å². The minimum Gasteiger partial charge on any atom is -0.465 e. The molecule has 0 rings (SSSR count). The van der Waals surface area contributed by atoms with Gasteiger partial charge in [-0.25, -0.2) is 0 Å². The van der Waals surface area contributed by atoms with Crippen molar-refractivity contribution in [3.63, 3.8) is 0 Å². The van der Waals surface area contributed by atoms with E-state index in [1.165, 1.54) is 12.8 Å². The third-order valence-electron chi connectivity index (χ3n) is 2.10. The molecule has 0 aromatic heterocycles. The first-order chi connectivity index (χ1) is 6.72. The molecular formula is C12H22O2. The summed E-state index contributed by atoms with van der Waals surface area (Å²) < 4.78 is 5.11. The Labute approximate surface area is 87.3 Å². The standard InChI is InChI=1S/C12H22O2/c1-4-6-7-8-10-14-12(13)11(3)9-5-2/h5,9,11H,4,6-8,10H2,1-3H3/b9-5+. The van der Waals surface area contributed by atoms with Crippen molar-refractivity contribution in [3.05, 3.63) is 12.2 Å². The number of ether oxygens (including phenoxy) is 1. The summed E-state index contributed by atoms with van der Waals surface area (Å²) in [6, 6.07) is 0. The van der Waals surface area contributed by atoms with Crippen LogP contribution in [0, 0.1) is 5.92 Å². The summed E-state index contributed by atoms with van der Waals surface area (Å²) in [5, 5.41) is 0. The number of hydrogen-bond donors (Lipinski definition) is 0. The molecule has 0 heterocycles. The molecule has 0 aliphatic carbocycles. The zero-order valence-corrected chi connectivity index (χ0v) is 9.58. The summed E-state index contributed by atoms with van der Waals surface area (Å²) in [6.07, 6.45) is 8.31. The first kappa shape index (κ1) is 13.2. The quantitative estimate of drug-likeness (QED) is 0.356. The monoisotopic (exact) mass is 198 g/mol. The summed E-state index contributed by atoms with van der Waals surface area (Å²) in [4.78, 5) is 11.3. The van der Waals surface area contributed by atoms with E-state index in [1.54, 1.807) is 0 Å². The first-order valence-corrected chi connectivity index (χ1v) is 5.51. The van der Waals surface area contributed by atoms with Crippen LogP contribution in [-0.4, -0.2) is 12.6 Å². The van der Waals surface area contributed by atoms with Gasteiger partial charge in [-0.15, -0.1) is 0 Å². The van der Waals surface area contributed by atoms with Crippen molar-refractivity contribution < 1.29 is 9.53 Å². The van der Waals surface area contributed by atoms with Crippen LogP contribution in [0.1, 0.15) is 46.5 Å². The van der Waals surface area contributed by atoms with Gasteiger partial charge in [0.25, 0.3) is 0 Å². The largest absolute Gasteiger partial charge is 0.465 e. The van der Waals surface area contributed by atoms with Crippen LogP contribution in [-0.2, 0) is 9.53 Å². The van der Waals surface area contributed by atoms with Crippen molar-refractivity contribution >= 4 is 5.97 Å². The molecule has 0 amide bonds. The van der Waals surface area contributed by atoms with Crippen molar-refractivity contribution in [2.24, 2.45) is 5.92 Å². The molecule has 1 unspecified atom stereocenters. The van der Waals surface area contributed by atoms with Crippen molar-refractivity contribution in [1.82, 2.24) is 0 Å². The van der Waals surface area contributed by atoms with Crippen molar-refractivity contribution in [2.45, 2.75) is 46.5 Å². The number of rotatable bonds is 7. The highest BCUT2D eigenvalue weighted by molar-refractivity contribution is 5.73. The molecule has 0 saturated carbocycles. The topological polar surface area (TPSA) is 26.3 Å². The highest BCUT2D eigenvalue weighted by atomic mass is 16.5. The van der Waals surface area contributed by atoms with Crippen LogP contribution in [0.15, 0.2) is 12.2 Å². The lowest BCUT2D eigenvalue weighted by molar-refractivity contribution is -0.146. The van der Waals surface area contributed by atoms with Crippen LogP contribution in [0.5, 0.6) is 0 Å². The van der Waals surface area contributed by atoms with Gasteiger partial charge in [-0.2, -0.15) is 0 Å². The summed E-state index contributed by atoms with van der Waals surface area (Å²) in [5.41, 5.74) is 0. The average Bonchev–Trinajstić information content (AvgIpc) is 2.17. The van der Waals surface area contributed by atoms with Crippen LogP contribution in [0.3, 0.4) is 0 Å². The van der Waals surface area contributed by atoms with Gasteiger partial charge in [0, 0.05) is 0 Å². The summed E-state index contributed by atoms with van der Waals surface area (Å²) in [7, 11) is 0. The first-order valence-electron chi connectivity index (χ1n) is 5.51. The van der Waals surface area contributed by atoms with E-state index in [0.29, 0.717) is 6.61 Å². The molecule has 0 saturated heterocycles. The van der Waals surface area contributed by atoms with Gasteiger partial charge < -0.3 is 4.74 Å². The summed E-state index contributed by atoms with van der Waals surface area (Å²) >= 11 is 0. The summed E-state index contributed by atoms with van der Waals surface area (Å²) in [5.74, 6) is -0.217. The van der Waals surface area contributed by atoms with E-state index >= 15 is 0 Å². The Balaban J connectivity index is 3.44. The molecular weight excluding hydrogens is 176 g/mol. The average molecular weight is 198 g/mol. The lowest BCUT2D eigenvalue weighted by Crippen LogP contribution is -2.13. The zero-order valence-electron chi connectivity index (χ0n) is 9.58. The maximum atomic E-state index is 11.3. The second-order valence-corrected chi connectivity index (χ2v) is 3.54. The van der Waals surface area contributed by atoms with Gasteiger partial charge in [-0.05, 0) is 20.3 Å². The van der Waals surface area contributed by atoms with E-state index in [4.69, 9.17) is 4.74 Å². The molecule has 0 aromatic rings. The van der Waals surface area contributed by atoms with Crippen molar-refractivity contribution in [1.29, 1.82) is 0 Å². The second-order valence-electron chi connectivity index (χ2n) is 3.54. The van der Waals surface area contributed by atoms with Gasteiger partial charge in [-0.1, -0.05) is 38.3 Å². The fourth-order valence-electron chi connectivity index (χ4n) is 1.20. The van der Waals surface area contributed by atoms with E-state index in [9.17, 15) is 4.79 Å². The second kappa shape index (κ2) is 8.79. The number of hydrogen-bond acceptors (Lipinski definition) is 2.